The zero-order valence-electron chi connectivity index (χ0n) is 23.1. The first-order chi connectivity index (χ1) is 18.9. The molecule has 10 heteroatoms. The number of nitrogens with one attached hydrogen (secondary N) is 1. The molecule has 0 aliphatic rings. The summed E-state index contributed by atoms with van der Waals surface area (Å²) in [6, 6.07) is 17.5. The minimum Gasteiger partial charge on any atom is -0.354 e. The predicted octanol–water partition coefficient (Wildman–Crippen LogP) is 5.56. The number of hydrogen-bond donors (Lipinski definition) is 1. The summed E-state index contributed by atoms with van der Waals surface area (Å²) in [5.74, 6) is -1.66. The molecule has 0 saturated carbocycles. The van der Waals surface area contributed by atoms with Crippen LogP contribution in [-0.4, -0.2) is 44.3 Å². The smallest absolute Gasteiger partial charge is 0.264 e. The third-order valence-electron chi connectivity index (χ3n) is 6.38. The van der Waals surface area contributed by atoms with Gasteiger partial charge < -0.3 is 10.2 Å². The van der Waals surface area contributed by atoms with Gasteiger partial charge in [-0.05, 0) is 55.2 Å². The molecule has 3 aromatic rings. The van der Waals surface area contributed by atoms with Crippen molar-refractivity contribution in [2.75, 3.05) is 17.4 Å². The van der Waals surface area contributed by atoms with E-state index in [9.17, 15) is 18.0 Å². The van der Waals surface area contributed by atoms with Crippen LogP contribution in [0.3, 0.4) is 0 Å². The van der Waals surface area contributed by atoms with Gasteiger partial charge in [-0.25, -0.2) is 12.8 Å². The van der Waals surface area contributed by atoms with Crippen LogP contribution in [0.15, 0.2) is 77.7 Å². The molecular weight excluding hydrogens is 553 g/mol. The molecule has 0 spiro atoms. The van der Waals surface area contributed by atoms with E-state index >= 15 is 4.39 Å². The summed E-state index contributed by atoms with van der Waals surface area (Å²) in [4.78, 5) is 28.5. The Labute approximate surface area is 241 Å². The van der Waals surface area contributed by atoms with E-state index in [1.54, 1.807) is 43.3 Å². The molecule has 0 bridgehead atoms. The lowest BCUT2D eigenvalue weighted by Gasteiger charge is -2.33. The zero-order chi connectivity index (χ0) is 29.4. The highest BCUT2D eigenvalue weighted by Crippen LogP contribution is 2.28. The fraction of sp³-hybridized carbons (Fsp3) is 0.333. The topological polar surface area (TPSA) is 86.8 Å². The molecular formula is C30H35ClFN3O4S. The van der Waals surface area contributed by atoms with Gasteiger partial charge in [-0.3, -0.25) is 13.9 Å². The second kappa shape index (κ2) is 13.8. The van der Waals surface area contributed by atoms with Gasteiger partial charge in [-0.1, -0.05) is 80.4 Å². The molecule has 1 atom stereocenters. The molecule has 3 aromatic carbocycles. The van der Waals surface area contributed by atoms with Gasteiger partial charge in [0.25, 0.3) is 10.0 Å². The number of anilines is 1. The van der Waals surface area contributed by atoms with Gasteiger partial charge in [0.05, 0.1) is 10.6 Å². The number of carbonyl (C=O) groups excluding carboxylic acids is 2. The first kappa shape index (κ1) is 31.1. The summed E-state index contributed by atoms with van der Waals surface area (Å²) in [7, 11) is -4.36. The summed E-state index contributed by atoms with van der Waals surface area (Å²) in [5, 5.41) is 3.27. The van der Waals surface area contributed by atoms with Crippen molar-refractivity contribution in [1.82, 2.24) is 10.2 Å². The molecule has 0 aromatic heterocycles. The van der Waals surface area contributed by atoms with E-state index in [2.05, 4.69) is 5.32 Å². The molecule has 1 N–H and O–H groups in total. The number of hydrogen-bond acceptors (Lipinski definition) is 4. The fourth-order valence-electron chi connectivity index (χ4n) is 4.16. The van der Waals surface area contributed by atoms with Crippen LogP contribution in [0, 0.1) is 18.7 Å². The van der Waals surface area contributed by atoms with Crippen LogP contribution in [0.4, 0.5) is 10.1 Å². The number of sulfonamides is 1. The van der Waals surface area contributed by atoms with Crippen molar-refractivity contribution >= 4 is 39.1 Å². The van der Waals surface area contributed by atoms with Crippen LogP contribution in [0.5, 0.6) is 0 Å². The van der Waals surface area contributed by atoms with E-state index in [1.807, 2.05) is 20.8 Å². The molecule has 0 aliphatic carbocycles. The Balaban J connectivity index is 2.07. The maximum atomic E-state index is 15.0. The van der Waals surface area contributed by atoms with Crippen molar-refractivity contribution in [3.05, 3.63) is 94.8 Å². The summed E-state index contributed by atoms with van der Waals surface area (Å²) in [6.07, 6.45) is 0.268. The molecule has 2 amide bonds. The Bertz CT molecular complexity index is 1430. The van der Waals surface area contributed by atoms with Crippen LogP contribution < -0.4 is 9.62 Å². The van der Waals surface area contributed by atoms with Gasteiger partial charge in [-0.15, -0.1) is 0 Å². The number of nitrogens with zero attached hydrogens (tertiary/aromatic N) is 2. The highest BCUT2D eigenvalue weighted by atomic mass is 35.5. The fourth-order valence-corrected chi connectivity index (χ4v) is 5.77. The Morgan fingerprint density at radius 2 is 1.60 bits per heavy atom. The van der Waals surface area contributed by atoms with Crippen molar-refractivity contribution in [1.29, 1.82) is 0 Å². The quantitative estimate of drug-likeness (QED) is 0.300. The summed E-state index contributed by atoms with van der Waals surface area (Å²) in [6.45, 7) is 7.14. The number of aryl methyl sites for hydroxylation is 1. The van der Waals surface area contributed by atoms with Crippen LogP contribution in [0.1, 0.15) is 38.3 Å². The van der Waals surface area contributed by atoms with Crippen LogP contribution >= 0.6 is 11.6 Å². The second-order valence-electron chi connectivity index (χ2n) is 9.95. The molecule has 0 saturated heterocycles. The predicted molar refractivity (Wildman–Crippen MR) is 156 cm³/mol. The monoisotopic (exact) mass is 587 g/mol. The molecule has 0 radical (unpaired) electrons. The molecule has 0 aliphatic heterocycles. The normalized spacial score (nSPS) is 12.2. The Morgan fingerprint density at radius 3 is 2.20 bits per heavy atom. The molecule has 0 fully saturated rings. The number of carbonyl (C=O) groups is 2. The number of para-hydroxylation sites is 1. The van der Waals surface area contributed by atoms with E-state index in [1.165, 1.54) is 35.2 Å². The maximum absolute atomic E-state index is 15.0. The van der Waals surface area contributed by atoms with E-state index in [-0.39, 0.29) is 35.4 Å². The van der Waals surface area contributed by atoms with Gasteiger partial charge in [-0.2, -0.15) is 0 Å². The summed E-state index contributed by atoms with van der Waals surface area (Å²) in [5.41, 5.74) is 1.16. The SMILES string of the molecule is CC[C@H](C(=O)NCC(C)C)N(Cc1ccccc1Cl)C(=O)CN(c1ccccc1F)S(=O)(=O)c1ccc(C)cc1. The number of halogens is 2. The largest absolute Gasteiger partial charge is 0.354 e. The maximum Gasteiger partial charge on any atom is 0.264 e. The first-order valence-electron chi connectivity index (χ1n) is 13.1. The lowest BCUT2D eigenvalue weighted by Crippen LogP contribution is -2.52. The second-order valence-corrected chi connectivity index (χ2v) is 12.2. The third kappa shape index (κ3) is 7.61. The Kier molecular flexibility index (Phi) is 10.7. The van der Waals surface area contributed by atoms with Gasteiger partial charge in [0.1, 0.15) is 18.4 Å². The molecule has 3 rings (SSSR count). The van der Waals surface area contributed by atoms with Crippen molar-refractivity contribution in [3.63, 3.8) is 0 Å². The van der Waals surface area contributed by atoms with Gasteiger partial charge in [0.15, 0.2) is 0 Å². The van der Waals surface area contributed by atoms with E-state index in [4.69, 9.17) is 11.6 Å². The third-order valence-corrected chi connectivity index (χ3v) is 8.52. The standard InChI is InChI=1S/C30H35ClFN3O4S/c1-5-27(30(37)33-18-21(2)3)34(19-23-10-6-7-11-25(23)31)29(36)20-35(28-13-9-8-12-26(28)32)40(38,39)24-16-14-22(4)15-17-24/h6-17,21,27H,5,18-20H2,1-4H3,(H,33,37)/t27-/m1/s1. The number of rotatable bonds is 12. The van der Waals surface area contributed by atoms with Gasteiger partial charge in [0.2, 0.25) is 11.8 Å². The van der Waals surface area contributed by atoms with E-state index in [0.29, 0.717) is 17.1 Å². The lowest BCUT2D eigenvalue weighted by molar-refractivity contribution is -0.140. The molecule has 0 heterocycles. The molecule has 214 valence electrons. The van der Waals surface area contributed by atoms with E-state index < -0.39 is 34.3 Å². The van der Waals surface area contributed by atoms with Gasteiger partial charge >= 0.3 is 0 Å². The van der Waals surface area contributed by atoms with Crippen LogP contribution in [0.2, 0.25) is 5.02 Å². The number of amides is 2. The van der Waals surface area contributed by atoms with Crippen molar-refractivity contribution in [2.24, 2.45) is 5.92 Å². The first-order valence-corrected chi connectivity index (χ1v) is 14.9. The van der Waals surface area contributed by atoms with Crippen molar-refractivity contribution in [3.8, 4) is 0 Å². The lowest BCUT2D eigenvalue weighted by atomic mass is 10.1. The van der Waals surface area contributed by atoms with E-state index in [0.717, 1.165) is 15.9 Å². The highest BCUT2D eigenvalue weighted by Gasteiger charge is 2.34. The van der Waals surface area contributed by atoms with Crippen molar-refractivity contribution in [2.45, 2.75) is 51.6 Å². The molecule has 7 nitrogen and oxygen atoms in total. The Hall–Kier alpha value is -3.43. The van der Waals surface area contributed by atoms with Crippen molar-refractivity contribution < 1.29 is 22.4 Å². The Morgan fingerprint density at radius 1 is 0.975 bits per heavy atom. The molecule has 40 heavy (non-hydrogen) atoms. The molecule has 0 unspecified atom stereocenters. The van der Waals surface area contributed by atoms with Gasteiger partial charge in [0, 0.05) is 18.1 Å². The minimum absolute atomic E-state index is 0.0399. The van der Waals surface area contributed by atoms with Crippen LogP contribution in [-0.2, 0) is 26.2 Å². The average molecular weight is 588 g/mol. The zero-order valence-corrected chi connectivity index (χ0v) is 24.7. The number of benzene rings is 3. The minimum atomic E-state index is -4.36. The summed E-state index contributed by atoms with van der Waals surface area (Å²) >= 11 is 6.40. The average Bonchev–Trinajstić information content (AvgIpc) is 2.92. The summed E-state index contributed by atoms with van der Waals surface area (Å²) < 4.78 is 43.4. The van der Waals surface area contributed by atoms with Crippen LogP contribution in [0.25, 0.3) is 0 Å². The highest BCUT2D eigenvalue weighted by molar-refractivity contribution is 7.92.